The molecule has 0 heterocycles. The summed E-state index contributed by atoms with van der Waals surface area (Å²) >= 11 is 0. The minimum absolute atomic E-state index is 1.14. The Morgan fingerprint density at radius 2 is 2.11 bits per heavy atom. The fraction of sp³-hybridized carbons (Fsp3) is 0.778. The smallest absolute Gasteiger partial charge is 0.0135 e. The van der Waals surface area contributed by atoms with Gasteiger partial charge < -0.3 is 0 Å². The Bertz CT molecular complexity index is 216. The molecule has 0 saturated heterocycles. The molecule has 4 bridgehead atoms. The Labute approximate surface area is 54.9 Å². The highest BCUT2D eigenvalue weighted by atomic mass is 14.8. The zero-order chi connectivity index (χ0) is 5.59. The predicted molar refractivity (Wildman–Crippen MR) is 34.8 cm³/mol. The Morgan fingerprint density at radius 1 is 1.22 bits per heavy atom. The first-order chi connectivity index (χ1) is 4.47. The number of hydrogen-bond acceptors (Lipinski definition) is 0. The summed E-state index contributed by atoms with van der Waals surface area (Å²) in [6, 6.07) is 0. The van der Waals surface area contributed by atoms with Crippen LogP contribution in [0.25, 0.3) is 0 Å². The summed E-state index contributed by atoms with van der Waals surface area (Å²) < 4.78 is 0. The molecule has 4 saturated carbocycles. The minimum atomic E-state index is 1.14. The first-order valence-electron chi connectivity index (χ1n) is 4.16. The standard InChI is InChI=1S/C9H10/c1-2-5-3-4(1)6-8-7(5)9(6)8/h1,5-9H,2-3H2. The van der Waals surface area contributed by atoms with Crippen LogP contribution in [-0.2, 0) is 0 Å². The van der Waals surface area contributed by atoms with E-state index in [0.29, 0.717) is 0 Å². The zero-order valence-electron chi connectivity index (χ0n) is 5.38. The molecule has 0 N–H and O–H groups in total. The molecule has 0 heteroatoms. The van der Waals surface area contributed by atoms with Gasteiger partial charge in [-0.25, -0.2) is 0 Å². The van der Waals surface area contributed by atoms with Crippen LogP contribution in [0.1, 0.15) is 12.8 Å². The van der Waals surface area contributed by atoms with Crippen LogP contribution in [0.15, 0.2) is 11.6 Å². The zero-order valence-corrected chi connectivity index (χ0v) is 5.38. The van der Waals surface area contributed by atoms with Crippen LogP contribution in [0, 0.1) is 29.6 Å². The van der Waals surface area contributed by atoms with Gasteiger partial charge in [0.15, 0.2) is 0 Å². The van der Waals surface area contributed by atoms with Crippen molar-refractivity contribution in [2.45, 2.75) is 12.8 Å². The quantitative estimate of drug-likeness (QED) is 0.426. The van der Waals surface area contributed by atoms with Crippen LogP contribution in [0.4, 0.5) is 0 Å². The summed E-state index contributed by atoms with van der Waals surface area (Å²) in [5.41, 5.74) is 1.86. The summed E-state index contributed by atoms with van der Waals surface area (Å²) in [6.07, 6.45) is 5.49. The number of hydrogen-bond donors (Lipinski definition) is 0. The lowest BCUT2D eigenvalue weighted by molar-refractivity contribution is 0.318. The van der Waals surface area contributed by atoms with Crippen molar-refractivity contribution in [3.05, 3.63) is 11.6 Å². The van der Waals surface area contributed by atoms with E-state index in [1.54, 1.807) is 0 Å². The lowest BCUT2D eigenvalue weighted by Crippen LogP contribution is -2.17. The lowest BCUT2D eigenvalue weighted by atomic mass is 9.80. The van der Waals surface area contributed by atoms with Crippen LogP contribution in [0.3, 0.4) is 0 Å². The molecule has 0 radical (unpaired) electrons. The third kappa shape index (κ3) is 0.238. The molecule has 0 nitrogen and oxygen atoms in total. The minimum Gasteiger partial charge on any atom is -0.0847 e. The normalized spacial score (nSPS) is 71.1. The van der Waals surface area contributed by atoms with Gasteiger partial charge in [0.25, 0.3) is 0 Å². The third-order valence-electron chi connectivity index (χ3n) is 4.03. The number of rotatable bonds is 0. The molecule has 5 aliphatic carbocycles. The molecule has 46 valence electrons. The maximum absolute atomic E-state index is 2.54. The topological polar surface area (TPSA) is 0 Å². The van der Waals surface area contributed by atoms with Crippen LogP contribution < -0.4 is 0 Å². The second-order valence-electron chi connectivity index (χ2n) is 4.24. The largest absolute Gasteiger partial charge is 0.0847 e. The lowest BCUT2D eigenvalue weighted by Gasteiger charge is -2.24. The Hall–Kier alpha value is -0.260. The Morgan fingerprint density at radius 3 is 2.89 bits per heavy atom. The Balaban J connectivity index is 1.96. The van der Waals surface area contributed by atoms with Crippen molar-refractivity contribution in [1.82, 2.24) is 0 Å². The molecule has 9 heavy (non-hydrogen) atoms. The molecular formula is C9H10. The van der Waals surface area contributed by atoms with Crippen molar-refractivity contribution >= 4 is 0 Å². The van der Waals surface area contributed by atoms with Gasteiger partial charge in [-0.15, -0.1) is 0 Å². The van der Waals surface area contributed by atoms with E-state index in [9.17, 15) is 0 Å². The van der Waals surface area contributed by atoms with Crippen molar-refractivity contribution in [1.29, 1.82) is 0 Å². The van der Waals surface area contributed by atoms with Crippen molar-refractivity contribution in [3.63, 3.8) is 0 Å². The summed E-state index contributed by atoms with van der Waals surface area (Å²) in [6.45, 7) is 0. The number of allylic oxidation sites excluding steroid dienone is 2. The van der Waals surface area contributed by atoms with Crippen LogP contribution in [0.5, 0.6) is 0 Å². The second-order valence-corrected chi connectivity index (χ2v) is 4.24. The fourth-order valence-corrected chi connectivity index (χ4v) is 3.54. The molecule has 5 rings (SSSR count). The maximum atomic E-state index is 2.54. The van der Waals surface area contributed by atoms with E-state index in [1.165, 1.54) is 30.6 Å². The van der Waals surface area contributed by atoms with Crippen molar-refractivity contribution in [2.24, 2.45) is 29.6 Å². The molecule has 0 aromatic heterocycles. The average Bonchev–Trinajstić information content (AvgIpc) is 2.69. The highest BCUT2D eigenvalue weighted by molar-refractivity contribution is 5.40. The monoisotopic (exact) mass is 118 g/mol. The van der Waals surface area contributed by atoms with Crippen LogP contribution >= 0.6 is 0 Å². The van der Waals surface area contributed by atoms with Crippen LogP contribution in [0.2, 0.25) is 0 Å². The third-order valence-corrected chi connectivity index (χ3v) is 4.03. The van der Waals surface area contributed by atoms with Gasteiger partial charge in [-0.3, -0.25) is 0 Å². The second kappa shape index (κ2) is 0.817. The summed E-state index contributed by atoms with van der Waals surface area (Å²) in [7, 11) is 0. The molecule has 0 aromatic carbocycles. The van der Waals surface area contributed by atoms with E-state index in [4.69, 9.17) is 0 Å². The Kier molecular flexibility index (Phi) is 0.345. The van der Waals surface area contributed by atoms with Gasteiger partial charge in [0.2, 0.25) is 0 Å². The van der Waals surface area contributed by atoms with Gasteiger partial charge in [-0.1, -0.05) is 11.6 Å². The van der Waals surface area contributed by atoms with Gasteiger partial charge in [0, 0.05) is 0 Å². The van der Waals surface area contributed by atoms with E-state index in [-0.39, 0.29) is 0 Å². The summed E-state index contributed by atoms with van der Waals surface area (Å²) in [4.78, 5) is 0. The van der Waals surface area contributed by atoms with Crippen molar-refractivity contribution < 1.29 is 0 Å². The SMILES string of the molecule is C1=C2CC(C1)C1C3C2C13. The maximum Gasteiger partial charge on any atom is -0.0135 e. The van der Waals surface area contributed by atoms with Gasteiger partial charge in [-0.05, 0) is 42.4 Å². The predicted octanol–water partition coefficient (Wildman–Crippen LogP) is 1.83. The fourth-order valence-electron chi connectivity index (χ4n) is 3.54. The van der Waals surface area contributed by atoms with E-state index in [1.807, 2.05) is 5.57 Å². The molecule has 4 fully saturated rings. The van der Waals surface area contributed by atoms with Gasteiger partial charge >= 0.3 is 0 Å². The first-order valence-corrected chi connectivity index (χ1v) is 4.16. The molecule has 0 aliphatic heterocycles. The van der Waals surface area contributed by atoms with Crippen LogP contribution in [-0.4, -0.2) is 0 Å². The molecular weight excluding hydrogens is 108 g/mol. The van der Waals surface area contributed by atoms with E-state index in [0.717, 1.165) is 11.8 Å². The highest BCUT2D eigenvalue weighted by Crippen LogP contribution is 2.83. The first kappa shape index (κ1) is 3.80. The molecule has 5 aliphatic rings. The van der Waals surface area contributed by atoms with Gasteiger partial charge in [0.05, 0.1) is 0 Å². The highest BCUT2D eigenvalue weighted by Gasteiger charge is 2.78. The summed E-state index contributed by atoms with van der Waals surface area (Å²) in [5.74, 6) is 5.99. The van der Waals surface area contributed by atoms with E-state index in [2.05, 4.69) is 6.08 Å². The van der Waals surface area contributed by atoms with Crippen molar-refractivity contribution in [3.8, 4) is 0 Å². The molecule has 0 aromatic rings. The van der Waals surface area contributed by atoms with Crippen molar-refractivity contribution in [2.75, 3.05) is 0 Å². The average molecular weight is 118 g/mol. The molecule has 3 atom stereocenters. The molecule has 3 unspecified atom stereocenters. The van der Waals surface area contributed by atoms with E-state index >= 15 is 0 Å². The molecule has 0 amide bonds. The molecule has 0 spiro atoms. The summed E-state index contributed by atoms with van der Waals surface area (Å²) in [5, 5.41) is 0. The van der Waals surface area contributed by atoms with Gasteiger partial charge in [0.1, 0.15) is 0 Å². The van der Waals surface area contributed by atoms with E-state index < -0.39 is 0 Å². The van der Waals surface area contributed by atoms with Gasteiger partial charge in [-0.2, -0.15) is 0 Å².